The van der Waals surface area contributed by atoms with Gasteiger partial charge in [-0.25, -0.2) is 0 Å². The number of rotatable bonds is 8. The number of benzene rings is 1. The average Bonchev–Trinajstić information content (AvgIpc) is 3.19. The highest BCUT2D eigenvalue weighted by atomic mass is 16.5. The second-order valence-electron chi connectivity index (χ2n) is 6.93. The third-order valence-corrected chi connectivity index (χ3v) is 5.01. The molecule has 2 N–H and O–H groups in total. The molecule has 1 unspecified atom stereocenters. The fourth-order valence-corrected chi connectivity index (χ4v) is 3.47. The molecule has 144 valence electrons. The maximum absolute atomic E-state index is 5.78. The van der Waals surface area contributed by atoms with Crippen molar-refractivity contribution < 1.29 is 9.47 Å². The van der Waals surface area contributed by atoms with Crippen LogP contribution in [0.1, 0.15) is 24.0 Å². The Hall–Kier alpha value is -1.63. The maximum Gasteiger partial charge on any atom is 0.191 e. The van der Waals surface area contributed by atoms with Crippen molar-refractivity contribution in [2.75, 3.05) is 53.0 Å². The van der Waals surface area contributed by atoms with Crippen LogP contribution in [0.4, 0.5) is 0 Å². The second kappa shape index (κ2) is 10.5. The smallest absolute Gasteiger partial charge is 0.191 e. The van der Waals surface area contributed by atoms with Gasteiger partial charge in [0.1, 0.15) is 0 Å². The SMILES string of the molecule is CN=C(NCCCOC1CCOC1)NCCN1CCc2ccccc2C1. The first-order chi connectivity index (χ1) is 12.8. The summed E-state index contributed by atoms with van der Waals surface area (Å²) >= 11 is 0. The molecule has 6 heteroatoms. The zero-order valence-electron chi connectivity index (χ0n) is 15.9. The average molecular weight is 361 g/mol. The monoisotopic (exact) mass is 360 g/mol. The third kappa shape index (κ3) is 5.97. The summed E-state index contributed by atoms with van der Waals surface area (Å²) in [7, 11) is 1.82. The van der Waals surface area contributed by atoms with Crippen molar-refractivity contribution in [3.63, 3.8) is 0 Å². The molecule has 0 amide bonds. The van der Waals surface area contributed by atoms with Gasteiger partial charge in [-0.05, 0) is 30.4 Å². The van der Waals surface area contributed by atoms with Gasteiger partial charge in [-0.2, -0.15) is 0 Å². The predicted molar refractivity (Wildman–Crippen MR) is 105 cm³/mol. The lowest BCUT2D eigenvalue weighted by molar-refractivity contribution is 0.0420. The summed E-state index contributed by atoms with van der Waals surface area (Å²) < 4.78 is 11.1. The fraction of sp³-hybridized carbons (Fsp3) is 0.650. The Balaban J connectivity index is 1.26. The van der Waals surface area contributed by atoms with E-state index in [1.54, 1.807) is 0 Å². The second-order valence-corrected chi connectivity index (χ2v) is 6.93. The number of fused-ring (bicyclic) bond motifs is 1. The molecule has 1 aromatic carbocycles. The summed E-state index contributed by atoms with van der Waals surface area (Å²) in [5, 5.41) is 6.77. The Labute approximate surface area is 157 Å². The van der Waals surface area contributed by atoms with Crippen LogP contribution in [0.2, 0.25) is 0 Å². The first-order valence-electron chi connectivity index (χ1n) is 9.78. The van der Waals surface area contributed by atoms with E-state index in [0.717, 1.165) is 77.8 Å². The summed E-state index contributed by atoms with van der Waals surface area (Å²) in [6.45, 7) is 7.33. The molecule has 0 aliphatic carbocycles. The van der Waals surface area contributed by atoms with Crippen LogP contribution in [-0.4, -0.2) is 70.0 Å². The molecule has 2 aliphatic rings. The van der Waals surface area contributed by atoms with E-state index < -0.39 is 0 Å². The summed E-state index contributed by atoms with van der Waals surface area (Å²) in [5.41, 5.74) is 2.97. The third-order valence-electron chi connectivity index (χ3n) is 5.01. The number of hydrogen-bond acceptors (Lipinski definition) is 4. The molecule has 1 atom stereocenters. The van der Waals surface area contributed by atoms with Crippen LogP contribution in [0.5, 0.6) is 0 Å². The minimum Gasteiger partial charge on any atom is -0.379 e. The van der Waals surface area contributed by atoms with Gasteiger partial charge in [0.25, 0.3) is 0 Å². The predicted octanol–water partition coefficient (Wildman–Crippen LogP) is 1.41. The van der Waals surface area contributed by atoms with E-state index >= 15 is 0 Å². The van der Waals surface area contributed by atoms with Gasteiger partial charge in [-0.3, -0.25) is 9.89 Å². The van der Waals surface area contributed by atoms with Gasteiger partial charge in [0, 0.05) is 53.0 Å². The van der Waals surface area contributed by atoms with Crippen LogP contribution in [-0.2, 0) is 22.4 Å². The van der Waals surface area contributed by atoms with Gasteiger partial charge in [0.2, 0.25) is 0 Å². The Bertz CT molecular complexity index is 573. The molecule has 0 bridgehead atoms. The molecule has 0 spiro atoms. The molecule has 0 aromatic heterocycles. The zero-order chi connectivity index (χ0) is 18.0. The van der Waals surface area contributed by atoms with Gasteiger partial charge in [0.15, 0.2) is 5.96 Å². The topological polar surface area (TPSA) is 58.1 Å². The van der Waals surface area contributed by atoms with E-state index in [0.29, 0.717) is 6.10 Å². The lowest BCUT2D eigenvalue weighted by atomic mass is 10.00. The summed E-state index contributed by atoms with van der Waals surface area (Å²) in [6.07, 6.45) is 3.44. The quantitative estimate of drug-likeness (QED) is 0.417. The minimum absolute atomic E-state index is 0.294. The molecule has 2 heterocycles. The molecule has 2 aliphatic heterocycles. The summed E-state index contributed by atoms with van der Waals surface area (Å²) in [4.78, 5) is 6.80. The van der Waals surface area contributed by atoms with Gasteiger partial charge in [0.05, 0.1) is 12.7 Å². The van der Waals surface area contributed by atoms with Crippen molar-refractivity contribution in [2.24, 2.45) is 4.99 Å². The molecule has 6 nitrogen and oxygen atoms in total. The Morgan fingerprint density at radius 1 is 1.27 bits per heavy atom. The van der Waals surface area contributed by atoms with E-state index in [2.05, 4.69) is 44.8 Å². The molecule has 3 rings (SSSR count). The largest absolute Gasteiger partial charge is 0.379 e. The highest BCUT2D eigenvalue weighted by molar-refractivity contribution is 5.79. The zero-order valence-corrected chi connectivity index (χ0v) is 15.9. The maximum atomic E-state index is 5.78. The Morgan fingerprint density at radius 2 is 2.12 bits per heavy atom. The van der Waals surface area contributed by atoms with E-state index in [1.165, 1.54) is 11.1 Å². The number of nitrogens with one attached hydrogen (secondary N) is 2. The van der Waals surface area contributed by atoms with Gasteiger partial charge < -0.3 is 20.1 Å². The number of guanidine groups is 1. The number of aliphatic imine (C=N–C) groups is 1. The molecule has 0 saturated carbocycles. The van der Waals surface area contributed by atoms with Crippen LogP contribution in [0.3, 0.4) is 0 Å². The van der Waals surface area contributed by atoms with E-state index in [4.69, 9.17) is 9.47 Å². The fourth-order valence-electron chi connectivity index (χ4n) is 3.47. The highest BCUT2D eigenvalue weighted by Crippen LogP contribution is 2.17. The Kier molecular flexibility index (Phi) is 7.73. The molecule has 1 saturated heterocycles. The van der Waals surface area contributed by atoms with Gasteiger partial charge >= 0.3 is 0 Å². The van der Waals surface area contributed by atoms with Crippen molar-refractivity contribution in [1.82, 2.24) is 15.5 Å². The molecular weight excluding hydrogens is 328 g/mol. The molecular formula is C20H32N4O2. The highest BCUT2D eigenvalue weighted by Gasteiger charge is 2.16. The number of nitrogens with zero attached hydrogens (tertiary/aromatic N) is 2. The van der Waals surface area contributed by atoms with Crippen LogP contribution in [0.25, 0.3) is 0 Å². The van der Waals surface area contributed by atoms with E-state index in [9.17, 15) is 0 Å². The lowest BCUT2D eigenvalue weighted by Crippen LogP contribution is -2.43. The Morgan fingerprint density at radius 3 is 2.92 bits per heavy atom. The van der Waals surface area contributed by atoms with Crippen molar-refractivity contribution in [1.29, 1.82) is 0 Å². The molecule has 1 aromatic rings. The van der Waals surface area contributed by atoms with Crippen molar-refractivity contribution >= 4 is 5.96 Å². The van der Waals surface area contributed by atoms with Gasteiger partial charge in [-0.15, -0.1) is 0 Å². The molecule has 26 heavy (non-hydrogen) atoms. The molecule has 1 fully saturated rings. The first kappa shape index (κ1) is 19.1. The summed E-state index contributed by atoms with van der Waals surface area (Å²) in [6, 6.07) is 8.77. The number of ether oxygens (including phenoxy) is 2. The lowest BCUT2D eigenvalue weighted by Gasteiger charge is -2.28. The van der Waals surface area contributed by atoms with Crippen LogP contribution >= 0.6 is 0 Å². The van der Waals surface area contributed by atoms with E-state index in [-0.39, 0.29) is 0 Å². The van der Waals surface area contributed by atoms with Crippen LogP contribution in [0, 0.1) is 0 Å². The number of hydrogen-bond donors (Lipinski definition) is 2. The normalized spacial score (nSPS) is 20.8. The van der Waals surface area contributed by atoms with Crippen LogP contribution in [0.15, 0.2) is 29.3 Å². The van der Waals surface area contributed by atoms with Crippen LogP contribution < -0.4 is 10.6 Å². The van der Waals surface area contributed by atoms with Crippen molar-refractivity contribution in [3.05, 3.63) is 35.4 Å². The summed E-state index contributed by atoms with van der Waals surface area (Å²) in [5.74, 6) is 0.867. The standard InChI is InChI=1S/C20H32N4O2/c1-21-20(22-9-4-13-26-19-8-14-25-16-19)23-10-12-24-11-7-17-5-2-3-6-18(17)15-24/h2-3,5-6,19H,4,7-16H2,1H3,(H2,21,22,23). The molecule has 0 radical (unpaired) electrons. The van der Waals surface area contributed by atoms with Crippen molar-refractivity contribution in [3.8, 4) is 0 Å². The first-order valence-corrected chi connectivity index (χ1v) is 9.78. The van der Waals surface area contributed by atoms with Gasteiger partial charge in [-0.1, -0.05) is 24.3 Å². The van der Waals surface area contributed by atoms with E-state index in [1.807, 2.05) is 7.05 Å². The minimum atomic E-state index is 0.294. The van der Waals surface area contributed by atoms with Crippen molar-refractivity contribution in [2.45, 2.75) is 31.9 Å².